The number of aliphatic hydroxyl groups is 2. The minimum atomic E-state index is -0.470. The van der Waals surface area contributed by atoms with Crippen molar-refractivity contribution in [1.82, 2.24) is 0 Å². The van der Waals surface area contributed by atoms with E-state index < -0.39 is 5.54 Å². The fraction of sp³-hybridized carbons (Fsp3) is 0.150. The smallest absolute Gasteiger partial charge is 0.0853 e. The van der Waals surface area contributed by atoms with Gasteiger partial charge in [0.1, 0.15) is 0 Å². The second-order valence-corrected chi connectivity index (χ2v) is 11.6. The summed E-state index contributed by atoms with van der Waals surface area (Å²) < 4.78 is 0. The molecule has 0 amide bonds. The van der Waals surface area contributed by atoms with Crippen LogP contribution in [-0.2, 0) is 18.8 Å². The number of hydrogen-bond donors (Lipinski definition) is 4. The maximum atomic E-state index is 9.58. The first-order valence-corrected chi connectivity index (χ1v) is 15.1. The standard InChI is InChI=1S/C40H38N2O2/c1-28-7-12-34(25-29(28)2)38-5-3-4-6-39(38)40(42-37-17-10-31(27-44)11-18-37)23-21-33(22-24-40)32-13-19-36(20-14-32)41-35-15-8-30(26-43)9-16-35/h3-23,25,41-44H,24,26-27H2,1-2H3. The molecule has 1 aliphatic carbocycles. The summed E-state index contributed by atoms with van der Waals surface area (Å²) in [4.78, 5) is 0. The van der Waals surface area contributed by atoms with Gasteiger partial charge in [0.2, 0.25) is 0 Å². The second kappa shape index (κ2) is 12.8. The maximum Gasteiger partial charge on any atom is 0.0853 e. The molecular formula is C40H38N2O2. The van der Waals surface area contributed by atoms with E-state index in [9.17, 15) is 10.2 Å². The maximum absolute atomic E-state index is 9.58. The Morgan fingerprint density at radius 1 is 0.636 bits per heavy atom. The third-order valence-corrected chi connectivity index (χ3v) is 8.56. The average Bonchev–Trinajstić information content (AvgIpc) is 3.07. The van der Waals surface area contributed by atoms with E-state index in [0.717, 1.165) is 40.2 Å². The molecule has 0 spiro atoms. The number of anilines is 3. The van der Waals surface area contributed by atoms with E-state index in [0.29, 0.717) is 0 Å². The predicted molar refractivity (Wildman–Crippen MR) is 183 cm³/mol. The highest BCUT2D eigenvalue weighted by Crippen LogP contribution is 2.42. The van der Waals surface area contributed by atoms with Crippen LogP contribution >= 0.6 is 0 Å². The van der Waals surface area contributed by atoms with Crippen molar-refractivity contribution in [3.05, 3.63) is 167 Å². The van der Waals surface area contributed by atoms with Gasteiger partial charge >= 0.3 is 0 Å². The third kappa shape index (κ3) is 6.23. The van der Waals surface area contributed by atoms with Gasteiger partial charge in [0, 0.05) is 17.1 Å². The van der Waals surface area contributed by atoms with E-state index in [1.807, 2.05) is 48.5 Å². The normalized spacial score (nSPS) is 16.0. The fourth-order valence-corrected chi connectivity index (χ4v) is 5.80. The van der Waals surface area contributed by atoms with E-state index in [1.165, 1.54) is 33.4 Å². The van der Waals surface area contributed by atoms with Crippen LogP contribution in [-0.4, -0.2) is 10.2 Å². The van der Waals surface area contributed by atoms with E-state index in [-0.39, 0.29) is 13.2 Å². The monoisotopic (exact) mass is 578 g/mol. The Morgan fingerprint density at radius 2 is 1.23 bits per heavy atom. The Balaban J connectivity index is 1.31. The van der Waals surface area contributed by atoms with Crippen LogP contribution in [0.1, 0.15) is 39.8 Å². The molecule has 4 N–H and O–H groups in total. The minimum absolute atomic E-state index is 0.0251. The van der Waals surface area contributed by atoms with Crippen molar-refractivity contribution in [2.45, 2.75) is 39.0 Å². The summed E-state index contributed by atoms with van der Waals surface area (Å²) in [5.41, 5.74) is 12.8. The molecule has 0 aromatic heterocycles. The molecule has 0 saturated heterocycles. The lowest BCUT2D eigenvalue weighted by molar-refractivity contribution is 0.281. The molecule has 5 aromatic carbocycles. The predicted octanol–water partition coefficient (Wildman–Crippen LogP) is 9.05. The van der Waals surface area contributed by atoms with Crippen molar-refractivity contribution < 1.29 is 10.2 Å². The molecule has 5 aromatic rings. The van der Waals surface area contributed by atoms with E-state index >= 15 is 0 Å². The Kier molecular flexibility index (Phi) is 8.47. The van der Waals surface area contributed by atoms with E-state index in [2.05, 4.69) is 109 Å². The average molecular weight is 579 g/mol. The fourth-order valence-electron chi connectivity index (χ4n) is 5.80. The highest BCUT2D eigenvalue weighted by Gasteiger charge is 2.33. The molecule has 0 aliphatic heterocycles. The van der Waals surface area contributed by atoms with E-state index in [1.54, 1.807) is 0 Å². The molecule has 4 nitrogen and oxygen atoms in total. The number of benzene rings is 5. The van der Waals surface area contributed by atoms with E-state index in [4.69, 9.17) is 0 Å². The Hall–Kier alpha value is -4.90. The highest BCUT2D eigenvalue weighted by molar-refractivity contribution is 5.79. The molecule has 0 radical (unpaired) electrons. The molecule has 220 valence electrons. The van der Waals surface area contributed by atoms with Crippen LogP contribution < -0.4 is 10.6 Å². The van der Waals surface area contributed by atoms with Gasteiger partial charge in [0.15, 0.2) is 0 Å². The summed E-state index contributed by atoms with van der Waals surface area (Å²) in [7, 11) is 0. The molecule has 1 atom stereocenters. The zero-order valence-electron chi connectivity index (χ0n) is 25.2. The summed E-state index contributed by atoms with van der Waals surface area (Å²) in [5, 5.41) is 26.2. The summed E-state index contributed by atoms with van der Waals surface area (Å²) in [5.74, 6) is 0. The molecule has 0 heterocycles. The van der Waals surface area contributed by atoms with Crippen LogP contribution in [0.5, 0.6) is 0 Å². The van der Waals surface area contributed by atoms with Crippen LogP contribution in [0.4, 0.5) is 17.1 Å². The van der Waals surface area contributed by atoms with Crippen molar-refractivity contribution in [1.29, 1.82) is 0 Å². The van der Waals surface area contributed by atoms with Gasteiger partial charge in [0.25, 0.3) is 0 Å². The zero-order valence-corrected chi connectivity index (χ0v) is 25.2. The second-order valence-electron chi connectivity index (χ2n) is 11.6. The largest absolute Gasteiger partial charge is 0.392 e. The molecule has 44 heavy (non-hydrogen) atoms. The Bertz CT molecular complexity index is 1800. The van der Waals surface area contributed by atoms with Gasteiger partial charge in [-0.3, -0.25) is 0 Å². The Morgan fingerprint density at radius 3 is 1.82 bits per heavy atom. The van der Waals surface area contributed by atoms with Gasteiger partial charge in [-0.05, 0) is 107 Å². The van der Waals surface area contributed by atoms with Crippen LogP contribution in [0, 0.1) is 13.8 Å². The van der Waals surface area contributed by atoms with Crippen molar-refractivity contribution in [3.63, 3.8) is 0 Å². The summed E-state index contributed by atoms with van der Waals surface area (Å²) in [6, 6.07) is 39.7. The first-order chi connectivity index (χ1) is 21.5. The first kappa shape index (κ1) is 29.2. The van der Waals surface area contributed by atoms with Crippen LogP contribution in [0.25, 0.3) is 16.7 Å². The topological polar surface area (TPSA) is 64.5 Å². The molecule has 0 fully saturated rings. The summed E-state index contributed by atoms with van der Waals surface area (Å²) in [6.07, 6.45) is 7.62. The van der Waals surface area contributed by atoms with Crippen LogP contribution in [0.2, 0.25) is 0 Å². The van der Waals surface area contributed by atoms with Crippen molar-refractivity contribution in [3.8, 4) is 11.1 Å². The number of nitrogens with one attached hydrogen (secondary N) is 2. The molecule has 0 bridgehead atoms. The van der Waals surface area contributed by atoms with Crippen molar-refractivity contribution >= 4 is 22.6 Å². The molecule has 1 aliphatic rings. The number of allylic oxidation sites excluding steroid dienone is 2. The number of aliphatic hydroxyl groups excluding tert-OH is 2. The SMILES string of the molecule is Cc1ccc(-c2ccccc2C2(Nc3ccc(CO)cc3)C=CC(c3ccc(Nc4ccc(CO)cc4)cc3)=CC2)cc1C. The number of rotatable bonds is 9. The number of hydrogen-bond acceptors (Lipinski definition) is 4. The zero-order chi connectivity index (χ0) is 30.5. The van der Waals surface area contributed by atoms with Crippen molar-refractivity contribution in [2.24, 2.45) is 0 Å². The van der Waals surface area contributed by atoms with Gasteiger partial charge in [-0.15, -0.1) is 0 Å². The summed E-state index contributed by atoms with van der Waals surface area (Å²) >= 11 is 0. The Labute approximate surface area is 260 Å². The third-order valence-electron chi connectivity index (χ3n) is 8.56. The van der Waals surface area contributed by atoms with Gasteiger partial charge in [0.05, 0.1) is 18.8 Å². The lowest BCUT2D eigenvalue weighted by Gasteiger charge is -2.37. The lowest BCUT2D eigenvalue weighted by atomic mass is 9.77. The number of aryl methyl sites for hydroxylation is 2. The van der Waals surface area contributed by atoms with Crippen LogP contribution in [0.15, 0.2) is 133 Å². The quantitative estimate of drug-likeness (QED) is 0.141. The molecule has 4 heteroatoms. The molecular weight excluding hydrogens is 540 g/mol. The van der Waals surface area contributed by atoms with Gasteiger partial charge in [-0.2, -0.15) is 0 Å². The van der Waals surface area contributed by atoms with Gasteiger partial charge < -0.3 is 20.8 Å². The molecule has 0 saturated carbocycles. The highest BCUT2D eigenvalue weighted by atomic mass is 16.3. The minimum Gasteiger partial charge on any atom is -0.392 e. The van der Waals surface area contributed by atoms with Gasteiger partial charge in [-0.1, -0.05) is 97.1 Å². The molecule has 1 unspecified atom stereocenters. The van der Waals surface area contributed by atoms with Crippen molar-refractivity contribution in [2.75, 3.05) is 10.6 Å². The first-order valence-electron chi connectivity index (χ1n) is 15.1. The lowest BCUT2D eigenvalue weighted by Crippen LogP contribution is -2.34. The van der Waals surface area contributed by atoms with Crippen LogP contribution in [0.3, 0.4) is 0 Å². The summed E-state index contributed by atoms with van der Waals surface area (Å²) in [6.45, 7) is 4.39. The molecule has 6 rings (SSSR count). The van der Waals surface area contributed by atoms with Gasteiger partial charge in [-0.25, -0.2) is 0 Å².